The molecule has 0 spiro atoms. The molecule has 0 saturated carbocycles. The molecule has 0 rings (SSSR count). The molecule has 0 atom stereocenters. The maximum absolute atomic E-state index is 10.1. The Bertz CT molecular complexity index is 243. The molecular weight excluding hydrogens is 210 g/mol. The third-order valence-corrected chi connectivity index (χ3v) is 1.70. The van der Waals surface area contributed by atoms with Crippen molar-refractivity contribution in [1.29, 1.82) is 0 Å². The molecule has 0 fully saturated rings. The number of rotatable bonds is 6. The lowest BCUT2D eigenvalue weighted by molar-refractivity contribution is -0.137. The van der Waals surface area contributed by atoms with Gasteiger partial charge in [-0.25, -0.2) is 0 Å². The van der Waals surface area contributed by atoms with Gasteiger partial charge in [-0.05, 0) is 11.9 Å². The lowest BCUT2D eigenvalue weighted by atomic mass is 10.4. The summed E-state index contributed by atoms with van der Waals surface area (Å²) in [5.74, 6) is -2.08. The first kappa shape index (κ1) is 12.6. The van der Waals surface area contributed by atoms with Gasteiger partial charge < -0.3 is 21.3 Å². The van der Waals surface area contributed by atoms with Crippen molar-refractivity contribution in [3.63, 3.8) is 0 Å². The number of nitrogens with two attached hydrogens (primary N) is 1. The van der Waals surface area contributed by atoms with E-state index in [4.69, 9.17) is 15.9 Å². The van der Waals surface area contributed by atoms with Crippen LogP contribution in [-0.4, -0.2) is 40.4 Å². The van der Waals surface area contributed by atoms with Crippen LogP contribution in [0.1, 0.15) is 6.42 Å². The van der Waals surface area contributed by atoms with Gasteiger partial charge in [0.05, 0.1) is 6.42 Å². The fourth-order valence-corrected chi connectivity index (χ4v) is 0.865. The molecule has 0 bridgehead atoms. The minimum Gasteiger partial charge on any atom is -0.481 e. The van der Waals surface area contributed by atoms with E-state index in [2.05, 4.69) is 9.71 Å². The lowest BCUT2D eigenvalue weighted by Crippen LogP contribution is -2.32. The molecule has 0 aromatic carbocycles. The van der Waals surface area contributed by atoms with Crippen molar-refractivity contribution < 1.29 is 19.8 Å². The van der Waals surface area contributed by atoms with Gasteiger partial charge in [0.25, 0.3) is 0 Å². The van der Waals surface area contributed by atoms with E-state index in [1.165, 1.54) is 0 Å². The van der Waals surface area contributed by atoms with Gasteiger partial charge in [-0.1, -0.05) is 0 Å². The summed E-state index contributed by atoms with van der Waals surface area (Å²) < 4.78 is 3.59. The lowest BCUT2D eigenvalue weighted by Gasteiger charge is -2.01. The Labute approximate surface area is 84.5 Å². The quantitative estimate of drug-likeness (QED) is 0.260. The van der Waals surface area contributed by atoms with Crippen molar-refractivity contribution in [3.05, 3.63) is 0 Å². The average Bonchev–Trinajstić information content (AvgIpc) is 2.02. The Kier molecular flexibility index (Phi) is 6.29. The molecule has 0 aromatic heterocycles. The van der Waals surface area contributed by atoms with Crippen molar-refractivity contribution in [2.24, 2.45) is 10.1 Å². The maximum Gasteiger partial charge on any atom is 0.315 e. The molecular formula is C6H11N3O4S. The number of nitrogens with one attached hydrogen (secondary N) is 1. The first-order chi connectivity index (χ1) is 6.52. The van der Waals surface area contributed by atoms with Crippen LogP contribution < -0.4 is 11.1 Å². The van der Waals surface area contributed by atoms with Gasteiger partial charge in [-0.2, -0.15) is 4.40 Å². The van der Waals surface area contributed by atoms with Crippen LogP contribution in [0, 0.1) is 0 Å². The molecule has 14 heavy (non-hydrogen) atoms. The van der Waals surface area contributed by atoms with Crippen LogP contribution in [-0.2, 0) is 9.59 Å². The molecule has 0 aromatic rings. The molecule has 8 heteroatoms. The van der Waals surface area contributed by atoms with Gasteiger partial charge in [0, 0.05) is 6.54 Å². The molecule has 0 unspecified atom stereocenters. The predicted molar refractivity (Wildman–Crippen MR) is 52.0 cm³/mol. The number of hydrogen-bond donors (Lipinski definition) is 4. The number of aliphatic carboxylic acids is 2. The van der Waals surface area contributed by atoms with E-state index in [1.54, 1.807) is 0 Å². The summed E-state index contributed by atoms with van der Waals surface area (Å²) in [4.78, 5) is 20.1. The van der Waals surface area contributed by atoms with E-state index in [0.29, 0.717) is 0 Å². The molecule has 0 amide bonds. The second kappa shape index (κ2) is 7.01. The number of carbonyl (C=O) groups is 2. The largest absolute Gasteiger partial charge is 0.481 e. The summed E-state index contributed by atoms with van der Waals surface area (Å²) >= 11 is 0.782. The number of hydrogen-bond acceptors (Lipinski definition) is 4. The summed E-state index contributed by atoms with van der Waals surface area (Å²) in [6.45, 7) is 0.165. The van der Waals surface area contributed by atoms with Crippen LogP contribution >= 0.6 is 11.9 Å². The SMILES string of the molecule is NC(=NSCC(=O)O)NCCC(=O)O. The summed E-state index contributed by atoms with van der Waals surface area (Å²) in [5, 5.41) is 19.0. The third-order valence-electron chi connectivity index (χ3n) is 0.996. The topological polar surface area (TPSA) is 125 Å². The molecule has 0 aliphatic heterocycles. The minimum absolute atomic E-state index is 0.0255. The molecule has 7 nitrogen and oxygen atoms in total. The molecule has 0 heterocycles. The summed E-state index contributed by atoms with van der Waals surface area (Å²) in [6, 6.07) is 0. The zero-order valence-electron chi connectivity index (χ0n) is 7.27. The Morgan fingerprint density at radius 1 is 1.36 bits per heavy atom. The van der Waals surface area contributed by atoms with Crippen LogP contribution in [0.4, 0.5) is 0 Å². The molecule has 0 saturated heterocycles. The summed E-state index contributed by atoms with van der Waals surface area (Å²) in [6.07, 6.45) is -0.0696. The van der Waals surface area contributed by atoms with Gasteiger partial charge in [-0.3, -0.25) is 9.59 Å². The molecule has 5 N–H and O–H groups in total. The van der Waals surface area contributed by atoms with Crippen molar-refractivity contribution in [2.45, 2.75) is 6.42 Å². The van der Waals surface area contributed by atoms with Crippen molar-refractivity contribution in [3.8, 4) is 0 Å². The summed E-state index contributed by atoms with van der Waals surface area (Å²) in [7, 11) is 0. The molecule has 0 aliphatic carbocycles. The predicted octanol–water partition coefficient (Wildman–Crippen LogP) is -0.902. The maximum atomic E-state index is 10.1. The van der Waals surface area contributed by atoms with Gasteiger partial charge in [0.1, 0.15) is 5.75 Å². The highest BCUT2D eigenvalue weighted by Crippen LogP contribution is 1.99. The fourth-order valence-electron chi connectivity index (χ4n) is 0.487. The second-order valence-electron chi connectivity index (χ2n) is 2.21. The number of carboxylic acid groups (broad SMARTS) is 2. The first-order valence-corrected chi connectivity index (χ1v) is 4.59. The highest BCUT2D eigenvalue weighted by molar-refractivity contribution is 7.98. The fraction of sp³-hybridized carbons (Fsp3) is 0.500. The smallest absolute Gasteiger partial charge is 0.315 e. The Morgan fingerprint density at radius 2 is 2.00 bits per heavy atom. The van der Waals surface area contributed by atoms with Crippen molar-refractivity contribution in [1.82, 2.24) is 5.32 Å². The van der Waals surface area contributed by atoms with E-state index < -0.39 is 11.9 Å². The van der Waals surface area contributed by atoms with Crippen molar-refractivity contribution >= 4 is 29.8 Å². The van der Waals surface area contributed by atoms with E-state index in [-0.39, 0.29) is 24.7 Å². The van der Waals surface area contributed by atoms with Crippen LogP contribution in [0.3, 0.4) is 0 Å². The second-order valence-corrected chi connectivity index (χ2v) is 2.94. The zero-order chi connectivity index (χ0) is 11.0. The molecule has 0 radical (unpaired) electrons. The molecule has 0 aliphatic rings. The number of guanidine groups is 1. The highest BCUT2D eigenvalue weighted by atomic mass is 32.2. The van der Waals surface area contributed by atoms with Gasteiger partial charge in [0.2, 0.25) is 0 Å². The van der Waals surface area contributed by atoms with Crippen molar-refractivity contribution in [2.75, 3.05) is 12.3 Å². The Hall–Kier alpha value is -1.44. The van der Waals surface area contributed by atoms with Gasteiger partial charge >= 0.3 is 11.9 Å². The Morgan fingerprint density at radius 3 is 2.50 bits per heavy atom. The minimum atomic E-state index is -0.989. The van der Waals surface area contributed by atoms with E-state index in [0.717, 1.165) is 11.9 Å². The van der Waals surface area contributed by atoms with E-state index >= 15 is 0 Å². The Balaban J connectivity index is 3.56. The summed E-state index contributed by atoms with van der Waals surface area (Å²) in [5.41, 5.74) is 5.28. The van der Waals surface area contributed by atoms with Crippen LogP contribution in [0.2, 0.25) is 0 Å². The van der Waals surface area contributed by atoms with Crippen LogP contribution in [0.5, 0.6) is 0 Å². The third kappa shape index (κ3) is 8.65. The van der Waals surface area contributed by atoms with E-state index in [9.17, 15) is 9.59 Å². The standard InChI is InChI=1S/C6H11N3O4S/c7-6(8-2-1-4(10)11)9-14-3-5(12)13/h1-3H2,(H,10,11)(H,12,13)(H3,7,8,9). The van der Waals surface area contributed by atoms with Gasteiger partial charge in [-0.15, -0.1) is 0 Å². The van der Waals surface area contributed by atoms with Crippen LogP contribution in [0.25, 0.3) is 0 Å². The molecule has 80 valence electrons. The normalized spacial score (nSPS) is 11.0. The average molecular weight is 221 g/mol. The van der Waals surface area contributed by atoms with Crippen LogP contribution in [0.15, 0.2) is 4.40 Å². The van der Waals surface area contributed by atoms with Gasteiger partial charge in [0.15, 0.2) is 5.96 Å². The zero-order valence-corrected chi connectivity index (χ0v) is 8.08. The first-order valence-electron chi connectivity index (χ1n) is 3.65. The number of carboxylic acids is 2. The number of nitrogens with zero attached hydrogens (tertiary/aromatic N) is 1. The highest BCUT2D eigenvalue weighted by Gasteiger charge is 1.98. The van der Waals surface area contributed by atoms with E-state index in [1.807, 2.05) is 0 Å². The monoisotopic (exact) mass is 221 g/mol.